The van der Waals surface area contributed by atoms with Gasteiger partial charge in [-0.2, -0.15) is 0 Å². The second kappa shape index (κ2) is 8.83. The fraction of sp³-hybridized carbons (Fsp3) is 0.385. The first kappa shape index (κ1) is 21.6. The Kier molecular flexibility index (Phi) is 6.15. The Labute approximate surface area is 189 Å². The van der Waals surface area contributed by atoms with E-state index in [1.165, 1.54) is 35.1 Å². The molecule has 4 nitrogen and oxygen atoms in total. The van der Waals surface area contributed by atoms with E-state index >= 15 is 0 Å². The molecule has 0 radical (unpaired) electrons. The van der Waals surface area contributed by atoms with Crippen molar-refractivity contribution in [2.24, 2.45) is 0 Å². The minimum Gasteiger partial charge on any atom is -0.342 e. The lowest BCUT2D eigenvalue weighted by molar-refractivity contribution is 0.311. The van der Waals surface area contributed by atoms with E-state index in [0.717, 1.165) is 35.0 Å². The summed E-state index contributed by atoms with van der Waals surface area (Å²) in [5.74, 6) is 0. The van der Waals surface area contributed by atoms with E-state index < -0.39 is 0 Å². The molecule has 0 unspecified atom stereocenters. The van der Waals surface area contributed by atoms with Gasteiger partial charge in [0.15, 0.2) is 5.11 Å². The monoisotopic (exact) mass is 433 g/mol. The van der Waals surface area contributed by atoms with Gasteiger partial charge in [-0.05, 0) is 99.1 Å². The second-order valence-electron chi connectivity index (χ2n) is 8.96. The maximum absolute atomic E-state index is 12.9. The van der Waals surface area contributed by atoms with Gasteiger partial charge in [-0.15, -0.1) is 0 Å². The summed E-state index contributed by atoms with van der Waals surface area (Å²) in [6.45, 7) is 8.87. The highest BCUT2D eigenvalue weighted by molar-refractivity contribution is 7.80. The molecule has 1 fully saturated rings. The lowest BCUT2D eigenvalue weighted by Gasteiger charge is -2.32. The molecule has 0 spiro atoms. The average molecular weight is 434 g/mol. The Hall–Kier alpha value is -2.66. The van der Waals surface area contributed by atoms with Crippen molar-refractivity contribution in [1.29, 1.82) is 0 Å². The van der Waals surface area contributed by atoms with Crippen molar-refractivity contribution in [2.45, 2.75) is 66.0 Å². The van der Waals surface area contributed by atoms with Gasteiger partial charge in [0.2, 0.25) is 0 Å². The van der Waals surface area contributed by atoms with Gasteiger partial charge in [0, 0.05) is 22.8 Å². The van der Waals surface area contributed by atoms with Gasteiger partial charge in [-0.3, -0.25) is 4.79 Å². The van der Waals surface area contributed by atoms with Crippen LogP contribution in [0.4, 0.5) is 5.69 Å². The van der Waals surface area contributed by atoms with Crippen molar-refractivity contribution >= 4 is 33.9 Å². The number of hydrogen-bond donors (Lipinski definition) is 2. The first-order valence-electron chi connectivity index (χ1n) is 11.1. The normalized spacial score (nSPS) is 14.2. The van der Waals surface area contributed by atoms with Crippen LogP contribution in [-0.2, 0) is 6.54 Å². The van der Waals surface area contributed by atoms with Crippen LogP contribution in [0.2, 0.25) is 0 Å². The molecule has 31 heavy (non-hydrogen) atoms. The van der Waals surface area contributed by atoms with Gasteiger partial charge in [0.05, 0.1) is 6.54 Å². The molecule has 1 saturated carbocycles. The number of nitrogens with one attached hydrogen (secondary N) is 2. The van der Waals surface area contributed by atoms with Crippen LogP contribution >= 0.6 is 12.2 Å². The third-order valence-corrected chi connectivity index (χ3v) is 6.86. The highest BCUT2D eigenvalue weighted by Gasteiger charge is 2.26. The number of nitrogens with zero attached hydrogens (tertiary/aromatic N) is 1. The standard InChI is InChI=1S/C26H31N3OS/c1-16-9-10-23(19(4)11-16)28-26(31)29(22-7-5-6-8-22)15-21-14-20-12-17(2)18(3)13-24(20)27-25(21)30/h9-14,22H,5-8,15H2,1-4H3,(H,27,30)(H,28,31). The van der Waals surface area contributed by atoms with E-state index in [0.29, 0.717) is 17.7 Å². The number of hydrogen-bond acceptors (Lipinski definition) is 2. The molecule has 0 bridgehead atoms. The number of aryl methyl sites for hydroxylation is 4. The lowest BCUT2D eigenvalue weighted by atomic mass is 10.0. The summed E-state index contributed by atoms with van der Waals surface area (Å²) >= 11 is 5.87. The van der Waals surface area contributed by atoms with Crippen molar-refractivity contribution in [1.82, 2.24) is 9.88 Å². The predicted molar refractivity (Wildman–Crippen MR) is 134 cm³/mol. The van der Waals surface area contributed by atoms with Gasteiger partial charge in [0.1, 0.15) is 0 Å². The molecule has 5 heteroatoms. The van der Waals surface area contributed by atoms with Crippen LogP contribution < -0.4 is 10.9 Å². The average Bonchev–Trinajstić information content (AvgIpc) is 3.24. The zero-order chi connectivity index (χ0) is 22.1. The number of fused-ring (bicyclic) bond motifs is 1. The number of rotatable bonds is 4. The van der Waals surface area contributed by atoms with E-state index in [1.807, 2.05) is 6.07 Å². The summed E-state index contributed by atoms with van der Waals surface area (Å²) in [6, 6.07) is 12.9. The fourth-order valence-electron chi connectivity index (χ4n) is 4.55. The topological polar surface area (TPSA) is 48.1 Å². The third kappa shape index (κ3) is 4.67. The molecule has 1 aliphatic carbocycles. The molecular formula is C26H31N3OS. The van der Waals surface area contributed by atoms with Crippen molar-refractivity contribution in [3.05, 3.63) is 74.6 Å². The summed E-state index contributed by atoms with van der Waals surface area (Å²) in [6.07, 6.45) is 4.64. The summed E-state index contributed by atoms with van der Waals surface area (Å²) in [5.41, 5.74) is 7.45. The number of aromatic nitrogens is 1. The zero-order valence-electron chi connectivity index (χ0n) is 18.8. The Balaban J connectivity index is 1.65. The predicted octanol–water partition coefficient (Wildman–Crippen LogP) is 5.90. The van der Waals surface area contributed by atoms with Crippen LogP contribution in [-0.4, -0.2) is 21.0 Å². The van der Waals surface area contributed by atoms with Gasteiger partial charge in [-0.1, -0.05) is 30.5 Å². The molecule has 4 rings (SSSR count). The molecule has 1 aliphatic rings. The zero-order valence-corrected chi connectivity index (χ0v) is 19.7. The lowest BCUT2D eigenvalue weighted by Crippen LogP contribution is -2.42. The van der Waals surface area contributed by atoms with E-state index in [1.54, 1.807) is 0 Å². The quantitative estimate of drug-likeness (QED) is 0.503. The van der Waals surface area contributed by atoms with Crippen molar-refractivity contribution in [3.8, 4) is 0 Å². The molecule has 1 heterocycles. The van der Waals surface area contributed by atoms with Crippen LogP contribution in [0.15, 0.2) is 41.2 Å². The molecule has 162 valence electrons. The second-order valence-corrected chi connectivity index (χ2v) is 9.35. The highest BCUT2D eigenvalue weighted by atomic mass is 32.1. The van der Waals surface area contributed by atoms with Crippen LogP contribution in [0.3, 0.4) is 0 Å². The molecule has 0 atom stereocenters. The first-order valence-corrected chi connectivity index (χ1v) is 11.5. The van der Waals surface area contributed by atoms with Crippen molar-refractivity contribution in [3.63, 3.8) is 0 Å². The Bertz CT molecular complexity index is 1190. The van der Waals surface area contributed by atoms with E-state index in [2.05, 4.69) is 73.2 Å². The minimum absolute atomic E-state index is 0.0342. The molecule has 0 aliphatic heterocycles. The summed E-state index contributed by atoms with van der Waals surface area (Å²) in [7, 11) is 0. The Morgan fingerprint density at radius 3 is 2.45 bits per heavy atom. The SMILES string of the molecule is Cc1ccc(NC(=S)N(Cc2cc3cc(C)c(C)cc3[nH]c2=O)C2CCCC2)c(C)c1. The maximum Gasteiger partial charge on any atom is 0.253 e. The van der Waals surface area contributed by atoms with E-state index in [9.17, 15) is 4.79 Å². The number of aromatic amines is 1. The summed E-state index contributed by atoms with van der Waals surface area (Å²) in [4.78, 5) is 18.2. The highest BCUT2D eigenvalue weighted by Crippen LogP contribution is 2.27. The summed E-state index contributed by atoms with van der Waals surface area (Å²) in [5, 5.41) is 5.21. The van der Waals surface area contributed by atoms with Gasteiger partial charge in [0.25, 0.3) is 5.56 Å². The molecule has 0 saturated heterocycles. The molecule has 3 aromatic rings. The largest absolute Gasteiger partial charge is 0.342 e. The third-order valence-electron chi connectivity index (χ3n) is 6.53. The molecule has 1 aromatic heterocycles. The van der Waals surface area contributed by atoms with E-state index in [4.69, 9.17) is 12.2 Å². The smallest absolute Gasteiger partial charge is 0.253 e. The number of H-pyrrole nitrogens is 1. The van der Waals surface area contributed by atoms with Crippen LogP contribution in [0.5, 0.6) is 0 Å². The molecule has 2 N–H and O–H groups in total. The van der Waals surface area contributed by atoms with Crippen molar-refractivity contribution in [2.75, 3.05) is 5.32 Å². The molecule has 2 aromatic carbocycles. The number of thiocarbonyl (C=S) groups is 1. The van der Waals surface area contributed by atoms with Crippen LogP contribution in [0.25, 0.3) is 10.9 Å². The van der Waals surface area contributed by atoms with Gasteiger partial charge in [-0.25, -0.2) is 0 Å². The molecular weight excluding hydrogens is 402 g/mol. The van der Waals surface area contributed by atoms with Crippen LogP contribution in [0, 0.1) is 27.7 Å². The Morgan fingerprint density at radius 2 is 1.74 bits per heavy atom. The van der Waals surface area contributed by atoms with E-state index in [-0.39, 0.29) is 5.56 Å². The first-order chi connectivity index (χ1) is 14.8. The van der Waals surface area contributed by atoms with Crippen molar-refractivity contribution < 1.29 is 0 Å². The number of anilines is 1. The minimum atomic E-state index is -0.0342. The van der Waals surface area contributed by atoms with Gasteiger partial charge >= 0.3 is 0 Å². The maximum atomic E-state index is 12.9. The fourth-order valence-corrected chi connectivity index (χ4v) is 4.87. The number of benzene rings is 2. The molecule has 0 amide bonds. The Morgan fingerprint density at radius 1 is 1.03 bits per heavy atom. The van der Waals surface area contributed by atoms with Gasteiger partial charge < -0.3 is 15.2 Å². The summed E-state index contributed by atoms with van der Waals surface area (Å²) < 4.78 is 0. The van der Waals surface area contributed by atoms with Crippen LogP contribution in [0.1, 0.15) is 53.5 Å². The number of pyridine rings is 1.